The molecule has 0 saturated carbocycles. The van der Waals surface area contributed by atoms with Crippen LogP contribution in [0.3, 0.4) is 0 Å². The number of aromatic nitrogens is 1. The summed E-state index contributed by atoms with van der Waals surface area (Å²) in [7, 11) is 0. The van der Waals surface area contributed by atoms with Gasteiger partial charge in [0, 0.05) is 21.5 Å². The van der Waals surface area contributed by atoms with Crippen molar-refractivity contribution >= 4 is 63.8 Å². The highest BCUT2D eigenvalue weighted by molar-refractivity contribution is 8.00. The summed E-state index contributed by atoms with van der Waals surface area (Å²) in [5.74, 6) is -1.60. The fourth-order valence-corrected chi connectivity index (χ4v) is 7.50. The number of carbonyl (C=O) groups excluding carboxylic acids is 3. The molecule has 0 spiro atoms. The Kier molecular flexibility index (Phi) is 6.76. The number of H-pyrrole nitrogens is 1. The van der Waals surface area contributed by atoms with Crippen molar-refractivity contribution in [3.05, 3.63) is 104 Å². The van der Waals surface area contributed by atoms with Crippen LogP contribution in [0.1, 0.15) is 16.4 Å². The molecule has 2 aliphatic rings. The highest BCUT2D eigenvalue weighted by Crippen LogP contribution is 2.53. The van der Waals surface area contributed by atoms with Gasteiger partial charge in [-0.25, -0.2) is 4.90 Å². The lowest BCUT2D eigenvalue weighted by Gasteiger charge is -2.29. The van der Waals surface area contributed by atoms with Gasteiger partial charge in [0.1, 0.15) is 11.0 Å². The Labute approximate surface area is 236 Å². The molecule has 1 aromatic heterocycles. The number of nitrogens with one attached hydrogen (secondary N) is 2. The normalized spacial score (nSPS) is 19.9. The largest absolute Gasteiger partial charge is 0.484 e. The Morgan fingerprint density at radius 1 is 0.949 bits per heavy atom. The predicted octanol–water partition coefficient (Wildman–Crippen LogP) is 4.90. The number of aromatic amines is 1. The predicted molar refractivity (Wildman–Crippen MR) is 151 cm³/mol. The topological polar surface area (TPSA) is 109 Å². The maximum Gasteiger partial charge on any atom is 0.305 e. The van der Waals surface area contributed by atoms with E-state index in [1.165, 1.54) is 16.7 Å². The highest BCUT2D eigenvalue weighted by Gasteiger charge is 2.56. The third-order valence-corrected chi connectivity index (χ3v) is 9.23. The number of imide groups is 1. The van der Waals surface area contributed by atoms with E-state index < -0.39 is 17.1 Å². The first kappa shape index (κ1) is 25.4. The molecule has 39 heavy (non-hydrogen) atoms. The molecule has 6 rings (SSSR count). The number of amides is 3. The summed E-state index contributed by atoms with van der Waals surface area (Å²) in [6, 6.07) is 22.7. The van der Waals surface area contributed by atoms with Crippen molar-refractivity contribution in [2.24, 2.45) is 5.92 Å². The number of thioether (sulfide) groups is 1. The first-order chi connectivity index (χ1) is 18.9. The number of benzene rings is 3. The molecule has 0 aliphatic carbocycles. The van der Waals surface area contributed by atoms with Crippen LogP contribution in [0.5, 0.6) is 5.75 Å². The summed E-state index contributed by atoms with van der Waals surface area (Å²) in [5, 5.41) is 3.27. The van der Waals surface area contributed by atoms with Gasteiger partial charge in [-0.15, -0.1) is 0 Å². The van der Waals surface area contributed by atoms with E-state index in [4.69, 9.17) is 16.3 Å². The Hall–Kier alpha value is -3.86. The number of carbonyl (C=O) groups is 3. The average molecular weight is 578 g/mol. The average Bonchev–Trinajstić information content (AvgIpc) is 3.43. The number of thiazole rings is 1. The van der Waals surface area contributed by atoms with E-state index >= 15 is 0 Å². The number of hydrogen-bond donors (Lipinski definition) is 2. The Balaban J connectivity index is 1.24. The third kappa shape index (κ3) is 4.87. The lowest BCUT2D eigenvalue weighted by atomic mass is 9.83. The van der Waals surface area contributed by atoms with Crippen molar-refractivity contribution in [2.45, 2.75) is 16.2 Å². The number of anilines is 2. The van der Waals surface area contributed by atoms with Gasteiger partial charge < -0.3 is 15.0 Å². The zero-order valence-corrected chi connectivity index (χ0v) is 22.5. The summed E-state index contributed by atoms with van der Waals surface area (Å²) in [6.45, 7) is -0.199. The monoisotopic (exact) mass is 577 g/mol. The van der Waals surface area contributed by atoms with E-state index in [0.717, 1.165) is 21.8 Å². The highest BCUT2D eigenvalue weighted by atomic mass is 35.5. The minimum Gasteiger partial charge on any atom is -0.484 e. The lowest BCUT2D eigenvalue weighted by molar-refractivity contribution is -0.122. The second-order valence-corrected chi connectivity index (χ2v) is 11.6. The van der Waals surface area contributed by atoms with E-state index in [1.54, 1.807) is 72.8 Å². The molecule has 8 nitrogen and oxygen atoms in total. The molecule has 3 heterocycles. The van der Waals surface area contributed by atoms with Crippen molar-refractivity contribution in [1.29, 1.82) is 0 Å². The Bertz CT molecular complexity index is 1620. The minimum atomic E-state index is -0.668. The van der Waals surface area contributed by atoms with E-state index in [2.05, 4.69) is 10.3 Å². The van der Waals surface area contributed by atoms with E-state index in [0.29, 0.717) is 27.2 Å². The van der Waals surface area contributed by atoms with E-state index in [-0.39, 0.29) is 29.2 Å². The fraction of sp³-hybridized carbons (Fsp3) is 0.143. The molecule has 1 fully saturated rings. The standard InChI is InChI=1S/C28H20ClN3O5S2/c29-16-8-10-17(11-9-16)30-20(33)14-37-19-12-6-15(7-13-19)21-22-24(38-25-23(21)39-28(36)31-25)27(35)32(26(22)34)18-4-2-1-3-5-18/h1-13,21-22,24H,14H2,(H,30,33)(H,31,36)/t21-,22-,24+/m0/s1. The van der Waals surface area contributed by atoms with Crippen LogP contribution < -0.4 is 19.8 Å². The zero-order valence-electron chi connectivity index (χ0n) is 20.1. The van der Waals surface area contributed by atoms with Crippen LogP contribution in [0, 0.1) is 5.92 Å². The minimum absolute atomic E-state index is 0.199. The maximum absolute atomic E-state index is 13.7. The van der Waals surface area contributed by atoms with Gasteiger partial charge in [-0.3, -0.25) is 19.2 Å². The molecule has 196 valence electrons. The second-order valence-electron chi connectivity index (χ2n) is 9.01. The second kappa shape index (κ2) is 10.4. The molecule has 11 heteroatoms. The Morgan fingerprint density at radius 2 is 1.67 bits per heavy atom. The molecule has 3 aromatic carbocycles. The number of hydrogen-bond acceptors (Lipinski definition) is 7. The summed E-state index contributed by atoms with van der Waals surface area (Å²) in [4.78, 5) is 56.3. The fourth-order valence-electron chi connectivity index (χ4n) is 4.86. The Morgan fingerprint density at radius 3 is 2.38 bits per heavy atom. The van der Waals surface area contributed by atoms with Gasteiger partial charge in [-0.05, 0) is 54.1 Å². The van der Waals surface area contributed by atoms with E-state index in [1.807, 2.05) is 6.07 Å². The van der Waals surface area contributed by atoms with Crippen LogP contribution in [-0.2, 0) is 14.4 Å². The van der Waals surface area contributed by atoms with Crippen LogP contribution in [0.2, 0.25) is 5.02 Å². The molecular formula is C28H20ClN3O5S2. The van der Waals surface area contributed by atoms with Crippen molar-refractivity contribution in [2.75, 3.05) is 16.8 Å². The van der Waals surface area contributed by atoms with Crippen LogP contribution in [0.25, 0.3) is 0 Å². The van der Waals surface area contributed by atoms with Gasteiger partial charge in [0.15, 0.2) is 6.61 Å². The molecule has 2 N–H and O–H groups in total. The van der Waals surface area contributed by atoms with Crippen molar-refractivity contribution in [3.63, 3.8) is 0 Å². The number of ether oxygens (including phenoxy) is 1. The lowest BCUT2D eigenvalue weighted by Crippen LogP contribution is -2.32. The van der Waals surface area contributed by atoms with Gasteiger partial charge >= 0.3 is 4.87 Å². The number of para-hydroxylation sites is 1. The molecule has 0 bridgehead atoms. The van der Waals surface area contributed by atoms with Crippen LogP contribution in [-0.4, -0.2) is 34.6 Å². The van der Waals surface area contributed by atoms with Crippen LogP contribution in [0.15, 0.2) is 88.7 Å². The number of rotatable bonds is 6. The summed E-state index contributed by atoms with van der Waals surface area (Å²) in [5.41, 5.74) is 1.91. The first-order valence-electron chi connectivity index (χ1n) is 12.0. The molecule has 2 aliphatic heterocycles. The van der Waals surface area contributed by atoms with Gasteiger partial charge in [0.25, 0.3) is 5.91 Å². The summed E-state index contributed by atoms with van der Waals surface area (Å²) >= 11 is 8.17. The smallest absolute Gasteiger partial charge is 0.305 e. The number of nitrogens with zero attached hydrogens (tertiary/aromatic N) is 1. The molecule has 3 atom stereocenters. The molecular weight excluding hydrogens is 558 g/mol. The number of halogens is 1. The van der Waals surface area contributed by atoms with Crippen LogP contribution >= 0.6 is 34.7 Å². The third-order valence-electron chi connectivity index (χ3n) is 6.58. The van der Waals surface area contributed by atoms with Crippen molar-refractivity contribution < 1.29 is 19.1 Å². The molecule has 4 aromatic rings. The first-order valence-corrected chi connectivity index (χ1v) is 14.1. The maximum atomic E-state index is 13.7. The summed E-state index contributed by atoms with van der Waals surface area (Å²) < 4.78 is 5.65. The molecule has 3 amide bonds. The van der Waals surface area contributed by atoms with Crippen LogP contribution in [0.4, 0.5) is 11.4 Å². The van der Waals surface area contributed by atoms with Gasteiger partial charge in [0.05, 0.1) is 16.6 Å². The van der Waals surface area contributed by atoms with Gasteiger partial charge in [0.2, 0.25) is 11.8 Å². The van der Waals surface area contributed by atoms with E-state index in [9.17, 15) is 19.2 Å². The number of fused-ring (bicyclic) bond motifs is 2. The molecule has 1 saturated heterocycles. The quantitative estimate of drug-likeness (QED) is 0.316. The van der Waals surface area contributed by atoms with Gasteiger partial charge in [-0.2, -0.15) is 0 Å². The van der Waals surface area contributed by atoms with Crippen molar-refractivity contribution in [1.82, 2.24) is 4.98 Å². The van der Waals surface area contributed by atoms with Crippen molar-refractivity contribution in [3.8, 4) is 5.75 Å². The zero-order chi connectivity index (χ0) is 27.1. The molecule has 0 unspecified atom stereocenters. The molecule has 0 radical (unpaired) electrons. The van der Waals surface area contributed by atoms with Gasteiger partial charge in [-0.1, -0.05) is 65.0 Å². The summed E-state index contributed by atoms with van der Waals surface area (Å²) in [6.07, 6.45) is 0. The SMILES string of the molecule is O=C(COc1ccc([C@@H]2c3sc(=O)[nH]c3S[C@H]3C(=O)N(c4ccccc4)C(=O)[C@@H]23)cc1)Nc1ccc(Cl)cc1.